The van der Waals surface area contributed by atoms with Crippen molar-refractivity contribution in [3.63, 3.8) is 0 Å². The van der Waals surface area contributed by atoms with Crippen molar-refractivity contribution >= 4 is 5.91 Å². The molecule has 0 aliphatic heterocycles. The average Bonchev–Trinajstić information content (AvgIpc) is 2.46. The predicted octanol–water partition coefficient (Wildman–Crippen LogP) is 1.25. The fourth-order valence-corrected chi connectivity index (χ4v) is 2.06. The fourth-order valence-electron chi connectivity index (χ4n) is 2.06. The zero-order valence-corrected chi connectivity index (χ0v) is 12.6. The van der Waals surface area contributed by atoms with E-state index in [9.17, 15) is 4.79 Å². The third-order valence-corrected chi connectivity index (χ3v) is 3.36. The van der Waals surface area contributed by atoms with E-state index in [0.717, 1.165) is 31.7 Å². The molecule has 5 heteroatoms. The van der Waals surface area contributed by atoms with Crippen LogP contribution in [-0.2, 0) is 16.1 Å². The van der Waals surface area contributed by atoms with Crippen LogP contribution >= 0.6 is 0 Å². The molecule has 0 aliphatic rings. The van der Waals surface area contributed by atoms with Gasteiger partial charge in [0, 0.05) is 26.8 Å². The number of benzene rings is 1. The minimum absolute atomic E-state index is 0.172. The number of amides is 1. The second-order valence-electron chi connectivity index (χ2n) is 5.06. The van der Waals surface area contributed by atoms with Gasteiger partial charge in [-0.25, -0.2) is 5.84 Å². The molecule has 0 aromatic heterocycles. The lowest BCUT2D eigenvalue weighted by atomic mass is 9.99. The molecule has 1 unspecified atom stereocenters. The van der Waals surface area contributed by atoms with Crippen molar-refractivity contribution in [2.75, 3.05) is 27.3 Å². The Bertz CT molecular complexity index is 406. The Kier molecular flexibility index (Phi) is 7.22. The molecule has 1 amide bonds. The molecule has 0 spiro atoms. The summed E-state index contributed by atoms with van der Waals surface area (Å²) >= 11 is 0. The van der Waals surface area contributed by atoms with Crippen LogP contribution in [0.25, 0.3) is 0 Å². The first-order valence-corrected chi connectivity index (χ1v) is 6.85. The molecule has 1 rings (SSSR count). The van der Waals surface area contributed by atoms with Crippen LogP contribution in [0.2, 0.25) is 0 Å². The molecule has 5 nitrogen and oxygen atoms in total. The summed E-state index contributed by atoms with van der Waals surface area (Å²) in [7, 11) is 3.81. The van der Waals surface area contributed by atoms with Crippen LogP contribution in [0.1, 0.15) is 30.4 Å². The first-order chi connectivity index (χ1) is 9.58. The number of ether oxygens (including phenoxy) is 1. The smallest absolute Gasteiger partial charge is 0.241 e. The van der Waals surface area contributed by atoms with Crippen LogP contribution in [-0.4, -0.2) is 38.1 Å². The number of carbonyl (C=O) groups excluding carboxylic acids is 1. The zero-order chi connectivity index (χ0) is 15.0. The molecule has 0 saturated carbocycles. The van der Waals surface area contributed by atoms with Crippen molar-refractivity contribution in [3.8, 4) is 0 Å². The van der Waals surface area contributed by atoms with Crippen LogP contribution in [0, 0.1) is 0 Å². The summed E-state index contributed by atoms with van der Waals surface area (Å²) in [5.41, 5.74) is 4.38. The summed E-state index contributed by atoms with van der Waals surface area (Å²) in [6.45, 7) is 4.52. The third-order valence-electron chi connectivity index (χ3n) is 3.36. The lowest BCUT2D eigenvalue weighted by molar-refractivity contribution is -0.122. The molecular weight excluding hydrogens is 254 g/mol. The lowest BCUT2D eigenvalue weighted by Crippen LogP contribution is -2.33. The van der Waals surface area contributed by atoms with Crippen LogP contribution < -0.4 is 11.3 Å². The first-order valence-electron chi connectivity index (χ1n) is 6.85. The van der Waals surface area contributed by atoms with E-state index in [-0.39, 0.29) is 11.8 Å². The van der Waals surface area contributed by atoms with Crippen molar-refractivity contribution in [1.29, 1.82) is 0 Å². The van der Waals surface area contributed by atoms with Crippen LogP contribution in [0.5, 0.6) is 0 Å². The number of hydrogen-bond donors (Lipinski definition) is 2. The van der Waals surface area contributed by atoms with E-state index >= 15 is 0 Å². The maximum atomic E-state index is 11.5. The minimum atomic E-state index is -0.228. The van der Waals surface area contributed by atoms with Crippen molar-refractivity contribution in [2.24, 2.45) is 5.84 Å². The molecule has 3 N–H and O–H groups in total. The van der Waals surface area contributed by atoms with Gasteiger partial charge in [-0.3, -0.25) is 10.2 Å². The summed E-state index contributed by atoms with van der Waals surface area (Å²) in [4.78, 5) is 13.7. The summed E-state index contributed by atoms with van der Waals surface area (Å²) < 4.78 is 5.04. The predicted molar refractivity (Wildman–Crippen MR) is 80.0 cm³/mol. The van der Waals surface area contributed by atoms with Gasteiger partial charge < -0.3 is 9.64 Å². The molecule has 1 aromatic carbocycles. The van der Waals surface area contributed by atoms with Gasteiger partial charge in [0.15, 0.2) is 0 Å². The summed E-state index contributed by atoms with van der Waals surface area (Å²) in [6.07, 6.45) is 1.03. The Morgan fingerprint density at radius 3 is 2.60 bits per heavy atom. The molecule has 0 saturated heterocycles. The van der Waals surface area contributed by atoms with E-state index < -0.39 is 0 Å². The Morgan fingerprint density at radius 1 is 1.40 bits per heavy atom. The second-order valence-corrected chi connectivity index (χ2v) is 5.06. The van der Waals surface area contributed by atoms with E-state index in [1.807, 2.05) is 19.1 Å². The summed E-state index contributed by atoms with van der Waals surface area (Å²) in [5.74, 6) is 4.75. The maximum Gasteiger partial charge on any atom is 0.241 e. The van der Waals surface area contributed by atoms with Gasteiger partial charge >= 0.3 is 0 Å². The fraction of sp³-hybridized carbons (Fsp3) is 0.533. The van der Waals surface area contributed by atoms with Gasteiger partial charge in [0.1, 0.15) is 0 Å². The monoisotopic (exact) mass is 279 g/mol. The average molecular weight is 279 g/mol. The number of nitrogens with one attached hydrogen (secondary N) is 1. The van der Waals surface area contributed by atoms with E-state index in [0.29, 0.717) is 0 Å². The maximum absolute atomic E-state index is 11.5. The molecule has 112 valence electrons. The topological polar surface area (TPSA) is 67.6 Å². The highest BCUT2D eigenvalue weighted by Crippen LogP contribution is 2.16. The van der Waals surface area contributed by atoms with Gasteiger partial charge in [-0.15, -0.1) is 0 Å². The van der Waals surface area contributed by atoms with Gasteiger partial charge in [0.2, 0.25) is 5.91 Å². The van der Waals surface area contributed by atoms with E-state index in [1.165, 1.54) is 5.56 Å². The molecule has 0 heterocycles. The van der Waals surface area contributed by atoms with Gasteiger partial charge in [0.05, 0.1) is 5.92 Å². The number of carbonyl (C=O) groups is 1. The number of rotatable bonds is 8. The highest BCUT2D eigenvalue weighted by atomic mass is 16.5. The van der Waals surface area contributed by atoms with Crippen molar-refractivity contribution in [1.82, 2.24) is 10.3 Å². The Labute approximate surface area is 121 Å². The van der Waals surface area contributed by atoms with Crippen LogP contribution in [0.4, 0.5) is 0 Å². The Hall–Kier alpha value is -1.43. The zero-order valence-electron chi connectivity index (χ0n) is 12.6. The summed E-state index contributed by atoms with van der Waals surface area (Å²) in [6, 6.07) is 8.08. The van der Waals surface area contributed by atoms with E-state index in [1.54, 1.807) is 7.11 Å². The third kappa shape index (κ3) is 5.28. The lowest BCUT2D eigenvalue weighted by Gasteiger charge is -2.17. The van der Waals surface area contributed by atoms with Gasteiger partial charge in [0.25, 0.3) is 0 Å². The first kappa shape index (κ1) is 16.6. The quantitative estimate of drug-likeness (QED) is 0.325. The number of nitrogens with zero attached hydrogens (tertiary/aromatic N) is 1. The number of hydrogen-bond acceptors (Lipinski definition) is 4. The van der Waals surface area contributed by atoms with Crippen LogP contribution in [0.15, 0.2) is 24.3 Å². The van der Waals surface area contributed by atoms with E-state index in [4.69, 9.17) is 10.6 Å². The second kappa shape index (κ2) is 8.68. The minimum Gasteiger partial charge on any atom is -0.385 e. The van der Waals surface area contributed by atoms with Crippen molar-refractivity contribution < 1.29 is 9.53 Å². The summed E-state index contributed by atoms with van der Waals surface area (Å²) in [5, 5.41) is 0. The van der Waals surface area contributed by atoms with E-state index in [2.05, 4.69) is 29.5 Å². The molecule has 0 aliphatic carbocycles. The number of methoxy groups -OCH3 is 1. The number of hydrazine groups is 1. The highest BCUT2D eigenvalue weighted by Gasteiger charge is 2.13. The van der Waals surface area contributed by atoms with Crippen molar-refractivity contribution in [2.45, 2.75) is 25.8 Å². The Balaban J connectivity index is 2.52. The van der Waals surface area contributed by atoms with Crippen LogP contribution in [0.3, 0.4) is 0 Å². The Morgan fingerprint density at radius 2 is 2.05 bits per heavy atom. The largest absolute Gasteiger partial charge is 0.385 e. The van der Waals surface area contributed by atoms with Gasteiger partial charge in [-0.2, -0.15) is 0 Å². The molecular formula is C15H25N3O2. The SMILES string of the molecule is COCCCN(C)Cc1ccc(C(C)C(=O)NN)cc1. The van der Waals surface area contributed by atoms with Gasteiger partial charge in [-0.05, 0) is 31.5 Å². The van der Waals surface area contributed by atoms with Gasteiger partial charge in [-0.1, -0.05) is 24.3 Å². The highest BCUT2D eigenvalue weighted by molar-refractivity contribution is 5.82. The van der Waals surface area contributed by atoms with Crippen molar-refractivity contribution in [3.05, 3.63) is 35.4 Å². The molecule has 1 atom stereocenters. The molecule has 0 fully saturated rings. The number of nitrogens with two attached hydrogens (primary N) is 1. The standard InChI is InChI=1S/C15H25N3O2/c1-12(15(19)17-16)14-7-5-13(6-8-14)11-18(2)9-4-10-20-3/h5-8,12H,4,9-11,16H2,1-3H3,(H,17,19). The normalized spacial score (nSPS) is 12.4. The molecule has 0 radical (unpaired) electrons. The molecule has 0 bridgehead atoms. The molecule has 20 heavy (non-hydrogen) atoms. The molecule has 1 aromatic rings.